The molecule has 6 heteroatoms. The minimum atomic E-state index is -3.35. The second-order valence-corrected chi connectivity index (χ2v) is 8.78. The molecular weight excluding hydrogens is 310 g/mol. The summed E-state index contributed by atoms with van der Waals surface area (Å²) in [6.07, 6.45) is 6.31. The molecule has 1 saturated heterocycles. The maximum Gasteiger partial charge on any atom is 0.279 e. The number of likely N-dealkylation sites (tertiary alicyclic amines) is 1. The fourth-order valence-corrected chi connectivity index (χ4v) is 4.31. The van der Waals surface area contributed by atoms with Crippen molar-refractivity contribution < 1.29 is 8.42 Å². The molecule has 5 nitrogen and oxygen atoms in total. The highest BCUT2D eigenvalue weighted by atomic mass is 32.2. The summed E-state index contributed by atoms with van der Waals surface area (Å²) in [7, 11) is -3.35. The fraction of sp³-hybridized carbons (Fsp3) is 1.00. The first-order chi connectivity index (χ1) is 10.9. The average molecular weight is 348 g/mol. The molecule has 1 N–H and O–H groups in total. The number of hydrogen-bond acceptors (Lipinski definition) is 3. The van der Waals surface area contributed by atoms with Crippen LogP contribution in [-0.4, -0.2) is 56.4 Å². The molecule has 1 aliphatic heterocycles. The molecule has 23 heavy (non-hydrogen) atoms. The maximum atomic E-state index is 12.6. The summed E-state index contributed by atoms with van der Waals surface area (Å²) < 4.78 is 29.6. The number of piperidine rings is 1. The maximum absolute atomic E-state index is 12.6. The summed E-state index contributed by atoms with van der Waals surface area (Å²) in [4.78, 5) is 2.41. The van der Waals surface area contributed by atoms with E-state index in [0.29, 0.717) is 19.6 Å². The summed E-state index contributed by atoms with van der Waals surface area (Å²) in [6.45, 7) is 12.5. The van der Waals surface area contributed by atoms with Gasteiger partial charge < -0.3 is 0 Å². The van der Waals surface area contributed by atoms with Crippen molar-refractivity contribution in [2.75, 3.05) is 32.7 Å². The van der Waals surface area contributed by atoms with Crippen LogP contribution in [0.3, 0.4) is 0 Å². The Hall–Kier alpha value is -0.170. The van der Waals surface area contributed by atoms with Gasteiger partial charge in [-0.05, 0) is 51.6 Å². The van der Waals surface area contributed by atoms with Gasteiger partial charge in [-0.25, -0.2) is 4.72 Å². The monoisotopic (exact) mass is 347 g/mol. The lowest BCUT2D eigenvalue weighted by atomic mass is 9.98. The van der Waals surface area contributed by atoms with E-state index in [-0.39, 0.29) is 6.04 Å². The molecule has 0 saturated carbocycles. The Labute approximate surface area is 144 Å². The van der Waals surface area contributed by atoms with Gasteiger partial charge in [0.15, 0.2) is 0 Å². The third-order valence-electron chi connectivity index (χ3n) is 4.86. The van der Waals surface area contributed by atoms with Crippen molar-refractivity contribution in [3.63, 3.8) is 0 Å². The highest BCUT2D eigenvalue weighted by Gasteiger charge is 2.24. The van der Waals surface area contributed by atoms with Crippen molar-refractivity contribution in [1.29, 1.82) is 0 Å². The van der Waals surface area contributed by atoms with Gasteiger partial charge in [0.05, 0.1) is 0 Å². The Balaban J connectivity index is 2.50. The standard InChI is InChI=1S/C17H37N3O2S/c1-5-7-11-20(12-8-6-2)23(21,22)18-15-17(4)19-13-9-16(3)10-14-19/h16-18H,5-15H2,1-4H3. The van der Waals surface area contributed by atoms with Crippen molar-refractivity contribution in [3.8, 4) is 0 Å². The predicted molar refractivity (Wildman–Crippen MR) is 97.7 cm³/mol. The topological polar surface area (TPSA) is 52.7 Å². The number of rotatable bonds is 11. The van der Waals surface area contributed by atoms with Gasteiger partial charge in [-0.15, -0.1) is 0 Å². The first-order valence-corrected chi connectivity index (χ1v) is 10.8. The van der Waals surface area contributed by atoms with Crippen LogP contribution < -0.4 is 4.72 Å². The molecule has 138 valence electrons. The fourth-order valence-electron chi connectivity index (χ4n) is 2.94. The lowest BCUT2D eigenvalue weighted by molar-refractivity contribution is 0.148. The molecule has 0 bridgehead atoms. The summed E-state index contributed by atoms with van der Waals surface area (Å²) in [5.74, 6) is 0.800. The van der Waals surface area contributed by atoms with E-state index in [4.69, 9.17) is 0 Å². The largest absolute Gasteiger partial charge is 0.299 e. The summed E-state index contributed by atoms with van der Waals surface area (Å²) in [5, 5.41) is 0. The van der Waals surface area contributed by atoms with E-state index >= 15 is 0 Å². The van der Waals surface area contributed by atoms with Gasteiger partial charge in [-0.3, -0.25) is 4.90 Å². The second kappa shape index (κ2) is 10.6. The molecule has 0 aromatic heterocycles. The van der Waals surface area contributed by atoms with Crippen molar-refractivity contribution in [2.45, 2.75) is 72.3 Å². The van der Waals surface area contributed by atoms with Crippen LogP contribution >= 0.6 is 0 Å². The molecule has 1 atom stereocenters. The third kappa shape index (κ3) is 7.50. The van der Waals surface area contributed by atoms with Gasteiger partial charge in [0.1, 0.15) is 0 Å². The molecule has 0 radical (unpaired) electrons. The lowest BCUT2D eigenvalue weighted by Crippen LogP contribution is -2.49. The van der Waals surface area contributed by atoms with E-state index in [1.807, 2.05) is 0 Å². The van der Waals surface area contributed by atoms with Gasteiger partial charge >= 0.3 is 0 Å². The normalized spacial score (nSPS) is 19.3. The van der Waals surface area contributed by atoms with Gasteiger partial charge in [-0.2, -0.15) is 12.7 Å². The number of unbranched alkanes of at least 4 members (excludes halogenated alkanes) is 2. The smallest absolute Gasteiger partial charge is 0.279 e. The van der Waals surface area contributed by atoms with E-state index in [9.17, 15) is 8.42 Å². The first kappa shape index (κ1) is 20.9. The highest BCUT2D eigenvalue weighted by Crippen LogP contribution is 2.17. The average Bonchev–Trinajstić information content (AvgIpc) is 2.53. The minimum Gasteiger partial charge on any atom is -0.299 e. The van der Waals surface area contributed by atoms with E-state index in [1.165, 1.54) is 12.8 Å². The second-order valence-electron chi connectivity index (χ2n) is 7.03. The molecule has 1 fully saturated rings. The quantitative estimate of drug-likeness (QED) is 0.625. The van der Waals surface area contributed by atoms with Crippen molar-refractivity contribution in [2.24, 2.45) is 5.92 Å². The number of nitrogens with one attached hydrogen (secondary N) is 1. The van der Waals surface area contributed by atoms with Crippen molar-refractivity contribution >= 4 is 10.2 Å². The summed E-state index contributed by atoms with van der Waals surface area (Å²) >= 11 is 0. The zero-order valence-corrected chi connectivity index (χ0v) is 16.4. The Kier molecular flexibility index (Phi) is 9.66. The Morgan fingerprint density at radius 2 is 1.65 bits per heavy atom. The lowest BCUT2D eigenvalue weighted by Gasteiger charge is -2.35. The van der Waals surface area contributed by atoms with Crippen LogP contribution in [-0.2, 0) is 10.2 Å². The zero-order valence-electron chi connectivity index (χ0n) is 15.6. The molecule has 0 aromatic carbocycles. The molecule has 0 aromatic rings. The van der Waals surface area contributed by atoms with Gasteiger partial charge in [0, 0.05) is 25.7 Å². The molecule has 1 rings (SSSR count). The van der Waals surface area contributed by atoms with Crippen LogP contribution in [0.15, 0.2) is 0 Å². The Morgan fingerprint density at radius 1 is 1.13 bits per heavy atom. The SMILES string of the molecule is CCCCN(CCCC)S(=O)(=O)NCC(C)N1CCC(C)CC1. The summed E-state index contributed by atoms with van der Waals surface area (Å²) in [6, 6.07) is 0.261. The molecule has 0 aliphatic carbocycles. The van der Waals surface area contributed by atoms with E-state index in [1.54, 1.807) is 4.31 Å². The minimum absolute atomic E-state index is 0.261. The molecule has 1 aliphatic rings. The third-order valence-corrected chi connectivity index (χ3v) is 6.44. The van der Waals surface area contributed by atoms with Crippen molar-refractivity contribution in [3.05, 3.63) is 0 Å². The van der Waals surface area contributed by atoms with Gasteiger partial charge in [0.25, 0.3) is 10.2 Å². The van der Waals surface area contributed by atoms with Crippen LogP contribution in [0.4, 0.5) is 0 Å². The number of nitrogens with zero attached hydrogens (tertiary/aromatic N) is 2. The predicted octanol–water partition coefficient (Wildman–Crippen LogP) is 2.84. The van der Waals surface area contributed by atoms with Crippen LogP contribution in [0.1, 0.15) is 66.2 Å². The number of hydrogen-bond donors (Lipinski definition) is 1. The van der Waals surface area contributed by atoms with E-state index in [2.05, 4.69) is 37.3 Å². The van der Waals surface area contributed by atoms with Crippen LogP contribution in [0.5, 0.6) is 0 Å². The summed E-state index contributed by atoms with van der Waals surface area (Å²) in [5.41, 5.74) is 0. The van der Waals surface area contributed by atoms with Gasteiger partial charge in [0.2, 0.25) is 0 Å². The molecular formula is C17H37N3O2S. The molecule has 1 unspecified atom stereocenters. The van der Waals surface area contributed by atoms with Crippen LogP contribution in [0.25, 0.3) is 0 Å². The van der Waals surface area contributed by atoms with Gasteiger partial charge in [-0.1, -0.05) is 33.6 Å². The van der Waals surface area contributed by atoms with E-state index in [0.717, 1.165) is 44.7 Å². The zero-order chi connectivity index (χ0) is 17.3. The molecule has 1 heterocycles. The van der Waals surface area contributed by atoms with E-state index < -0.39 is 10.2 Å². The Bertz CT molecular complexity index is 398. The molecule has 0 amide bonds. The van der Waals surface area contributed by atoms with Crippen LogP contribution in [0, 0.1) is 5.92 Å². The highest BCUT2D eigenvalue weighted by molar-refractivity contribution is 7.87. The molecule has 0 spiro atoms. The van der Waals surface area contributed by atoms with Crippen LogP contribution in [0.2, 0.25) is 0 Å². The first-order valence-electron chi connectivity index (χ1n) is 9.39. The Morgan fingerprint density at radius 3 is 2.13 bits per heavy atom. The van der Waals surface area contributed by atoms with Crippen molar-refractivity contribution in [1.82, 2.24) is 13.9 Å².